The average Bonchev–Trinajstić information content (AvgIpc) is 2.46. The molecular weight excluding hydrogens is 280 g/mol. The number of aliphatic carboxylic acids is 2. The molecule has 2 N–H and O–H groups in total. The molecule has 0 saturated carbocycles. The fourth-order valence-electron chi connectivity index (χ4n) is 3.41. The van der Waals surface area contributed by atoms with Crippen molar-refractivity contribution in [2.24, 2.45) is 11.3 Å². The molecule has 0 aliphatic carbocycles. The van der Waals surface area contributed by atoms with Gasteiger partial charge < -0.3 is 10.2 Å². The number of carbonyl (C=O) groups is 2. The first-order chi connectivity index (χ1) is 10.5. The molecule has 4 heteroatoms. The Bertz CT molecular complexity index is 311. The van der Waals surface area contributed by atoms with Crippen molar-refractivity contribution >= 4 is 11.9 Å². The molecule has 0 aromatic heterocycles. The van der Waals surface area contributed by atoms with Crippen LogP contribution in [0.2, 0.25) is 0 Å². The Hall–Kier alpha value is -1.06. The monoisotopic (exact) mass is 314 g/mol. The zero-order valence-electron chi connectivity index (χ0n) is 14.6. The third-order valence-electron chi connectivity index (χ3n) is 4.65. The fraction of sp³-hybridized carbons (Fsp3) is 0.889. The van der Waals surface area contributed by atoms with E-state index in [2.05, 4.69) is 6.92 Å². The molecule has 0 rings (SSSR count). The van der Waals surface area contributed by atoms with E-state index in [4.69, 9.17) is 0 Å². The summed E-state index contributed by atoms with van der Waals surface area (Å²) in [5.41, 5.74) is -1.60. The van der Waals surface area contributed by atoms with Gasteiger partial charge in [-0.1, -0.05) is 72.1 Å². The summed E-state index contributed by atoms with van der Waals surface area (Å²) in [5, 5.41) is 19.2. The van der Waals surface area contributed by atoms with Gasteiger partial charge in [-0.25, -0.2) is 0 Å². The molecule has 0 aliphatic heterocycles. The standard InChI is InChI=1S/C18H34O4/c1-4-7-8-9-10-11-13-15(12-5-2)18(14-6-3,16(19)20)17(21)22/h15H,4-14H2,1-3H3,(H,19,20)(H,21,22). The number of carboxylic acids is 2. The second kappa shape index (κ2) is 11.5. The minimum atomic E-state index is -1.60. The van der Waals surface area contributed by atoms with Gasteiger partial charge in [-0.3, -0.25) is 9.59 Å². The van der Waals surface area contributed by atoms with Crippen LogP contribution in [0.1, 0.15) is 91.4 Å². The lowest BCUT2D eigenvalue weighted by Gasteiger charge is -2.33. The predicted octanol–water partition coefficient (Wildman–Crippen LogP) is 5.11. The van der Waals surface area contributed by atoms with Gasteiger partial charge in [-0.2, -0.15) is 0 Å². The molecule has 4 nitrogen and oxygen atoms in total. The summed E-state index contributed by atoms with van der Waals surface area (Å²) in [5.74, 6) is -2.59. The summed E-state index contributed by atoms with van der Waals surface area (Å²) < 4.78 is 0. The zero-order valence-corrected chi connectivity index (χ0v) is 14.6. The Kier molecular flexibility index (Phi) is 10.9. The van der Waals surface area contributed by atoms with Gasteiger partial charge >= 0.3 is 11.9 Å². The Morgan fingerprint density at radius 1 is 0.773 bits per heavy atom. The van der Waals surface area contributed by atoms with E-state index in [-0.39, 0.29) is 12.3 Å². The quantitative estimate of drug-likeness (QED) is 0.345. The second-order valence-electron chi connectivity index (χ2n) is 6.37. The maximum absolute atomic E-state index is 11.8. The molecule has 0 aromatic carbocycles. The molecule has 1 unspecified atom stereocenters. The van der Waals surface area contributed by atoms with E-state index >= 15 is 0 Å². The maximum atomic E-state index is 11.8. The molecule has 0 spiro atoms. The number of hydrogen-bond donors (Lipinski definition) is 2. The van der Waals surface area contributed by atoms with Crippen molar-refractivity contribution in [3.8, 4) is 0 Å². The van der Waals surface area contributed by atoms with Crippen LogP contribution >= 0.6 is 0 Å². The van der Waals surface area contributed by atoms with Gasteiger partial charge in [-0.15, -0.1) is 0 Å². The Labute approximate surface area is 135 Å². The van der Waals surface area contributed by atoms with Crippen LogP contribution in [0.25, 0.3) is 0 Å². The van der Waals surface area contributed by atoms with E-state index in [0.29, 0.717) is 19.3 Å². The summed E-state index contributed by atoms with van der Waals surface area (Å²) in [6.07, 6.45) is 9.83. The lowest BCUT2D eigenvalue weighted by Crippen LogP contribution is -2.45. The van der Waals surface area contributed by atoms with Gasteiger partial charge in [0.2, 0.25) is 0 Å². The van der Waals surface area contributed by atoms with E-state index < -0.39 is 17.4 Å². The summed E-state index contributed by atoms with van der Waals surface area (Å²) in [6, 6.07) is 0. The molecule has 0 aromatic rings. The Balaban J connectivity index is 4.83. The molecule has 0 saturated heterocycles. The van der Waals surface area contributed by atoms with Crippen molar-refractivity contribution in [2.45, 2.75) is 91.4 Å². The van der Waals surface area contributed by atoms with Crippen LogP contribution in [0.15, 0.2) is 0 Å². The van der Waals surface area contributed by atoms with E-state index in [1.807, 2.05) is 13.8 Å². The van der Waals surface area contributed by atoms with Crippen LogP contribution in [0.4, 0.5) is 0 Å². The van der Waals surface area contributed by atoms with E-state index in [0.717, 1.165) is 25.7 Å². The van der Waals surface area contributed by atoms with E-state index in [1.165, 1.54) is 19.3 Å². The molecule has 22 heavy (non-hydrogen) atoms. The van der Waals surface area contributed by atoms with Crippen molar-refractivity contribution in [1.82, 2.24) is 0 Å². The van der Waals surface area contributed by atoms with Crippen molar-refractivity contribution in [3.63, 3.8) is 0 Å². The van der Waals surface area contributed by atoms with Gasteiger partial charge in [-0.05, 0) is 25.2 Å². The summed E-state index contributed by atoms with van der Waals surface area (Å²) in [7, 11) is 0. The molecule has 0 heterocycles. The zero-order chi connectivity index (χ0) is 17.0. The Morgan fingerprint density at radius 2 is 1.32 bits per heavy atom. The SMILES string of the molecule is CCCCCCCCC(CCC)C(CCC)(C(=O)O)C(=O)O. The molecule has 0 aliphatic rings. The van der Waals surface area contributed by atoms with Crippen LogP contribution in [-0.2, 0) is 9.59 Å². The van der Waals surface area contributed by atoms with E-state index in [1.54, 1.807) is 0 Å². The van der Waals surface area contributed by atoms with Crippen LogP contribution < -0.4 is 0 Å². The number of unbranched alkanes of at least 4 members (excludes halogenated alkanes) is 5. The third-order valence-corrected chi connectivity index (χ3v) is 4.65. The first kappa shape index (κ1) is 20.9. The smallest absolute Gasteiger partial charge is 0.321 e. The van der Waals surface area contributed by atoms with Crippen molar-refractivity contribution in [1.29, 1.82) is 0 Å². The number of rotatable bonds is 14. The molecule has 1 atom stereocenters. The highest BCUT2D eigenvalue weighted by molar-refractivity contribution is 5.98. The summed E-state index contributed by atoms with van der Waals surface area (Å²) >= 11 is 0. The van der Waals surface area contributed by atoms with Crippen LogP contribution in [0.3, 0.4) is 0 Å². The highest BCUT2D eigenvalue weighted by atomic mass is 16.4. The van der Waals surface area contributed by atoms with Crippen LogP contribution in [0, 0.1) is 11.3 Å². The van der Waals surface area contributed by atoms with Gasteiger partial charge in [0.25, 0.3) is 0 Å². The highest BCUT2D eigenvalue weighted by Crippen LogP contribution is 2.40. The lowest BCUT2D eigenvalue weighted by atomic mass is 9.68. The molecular formula is C18H34O4. The van der Waals surface area contributed by atoms with Crippen molar-refractivity contribution in [2.75, 3.05) is 0 Å². The van der Waals surface area contributed by atoms with Gasteiger partial charge in [0.05, 0.1) is 0 Å². The van der Waals surface area contributed by atoms with Crippen LogP contribution in [-0.4, -0.2) is 22.2 Å². The minimum absolute atomic E-state index is 0.220. The third kappa shape index (κ3) is 5.98. The number of hydrogen-bond acceptors (Lipinski definition) is 2. The Morgan fingerprint density at radius 3 is 1.77 bits per heavy atom. The van der Waals surface area contributed by atoms with Gasteiger partial charge in [0.1, 0.15) is 0 Å². The summed E-state index contributed by atoms with van der Waals surface area (Å²) in [6.45, 7) is 6.03. The predicted molar refractivity (Wildman–Crippen MR) is 89.0 cm³/mol. The molecule has 0 radical (unpaired) electrons. The topological polar surface area (TPSA) is 74.6 Å². The minimum Gasteiger partial charge on any atom is -0.480 e. The van der Waals surface area contributed by atoms with Crippen LogP contribution in [0.5, 0.6) is 0 Å². The molecule has 130 valence electrons. The first-order valence-electron chi connectivity index (χ1n) is 8.94. The molecule has 0 fully saturated rings. The number of carboxylic acid groups (broad SMARTS) is 2. The van der Waals surface area contributed by atoms with Crippen molar-refractivity contribution in [3.05, 3.63) is 0 Å². The molecule has 0 bridgehead atoms. The normalized spacial score (nSPS) is 13.0. The second-order valence-corrected chi connectivity index (χ2v) is 6.37. The molecule has 0 amide bonds. The van der Waals surface area contributed by atoms with Gasteiger partial charge in [0, 0.05) is 0 Å². The van der Waals surface area contributed by atoms with Crippen molar-refractivity contribution < 1.29 is 19.8 Å². The average molecular weight is 314 g/mol. The summed E-state index contributed by atoms with van der Waals surface area (Å²) in [4.78, 5) is 23.5. The first-order valence-corrected chi connectivity index (χ1v) is 8.94. The van der Waals surface area contributed by atoms with Gasteiger partial charge in [0.15, 0.2) is 5.41 Å². The maximum Gasteiger partial charge on any atom is 0.321 e. The highest BCUT2D eigenvalue weighted by Gasteiger charge is 2.51. The van der Waals surface area contributed by atoms with E-state index in [9.17, 15) is 19.8 Å². The lowest BCUT2D eigenvalue weighted by molar-refractivity contribution is -0.171. The largest absolute Gasteiger partial charge is 0.480 e. The fourth-order valence-corrected chi connectivity index (χ4v) is 3.41.